The molecule has 2 atom stereocenters. The van der Waals surface area contributed by atoms with E-state index in [1.807, 2.05) is 6.92 Å². The molecule has 2 rings (SSSR count). The summed E-state index contributed by atoms with van der Waals surface area (Å²) < 4.78 is 30.8. The molecule has 90 valence electrons. The van der Waals surface area contributed by atoms with Crippen molar-refractivity contribution in [3.8, 4) is 0 Å². The zero-order valence-electron chi connectivity index (χ0n) is 9.38. The van der Waals surface area contributed by atoms with E-state index in [9.17, 15) is 8.42 Å². The zero-order chi connectivity index (χ0) is 11.8. The molecule has 2 aliphatic rings. The number of hydrogen-bond donors (Lipinski definition) is 1. The van der Waals surface area contributed by atoms with E-state index in [4.69, 9.17) is 4.74 Å². The van der Waals surface area contributed by atoms with Gasteiger partial charge in [0.05, 0.1) is 18.4 Å². The maximum absolute atomic E-state index is 11.3. The average molecular weight is 244 g/mol. The van der Waals surface area contributed by atoms with Crippen LogP contribution in [0.3, 0.4) is 0 Å². The van der Waals surface area contributed by atoms with Crippen LogP contribution in [0, 0.1) is 0 Å². The van der Waals surface area contributed by atoms with Gasteiger partial charge in [-0.05, 0) is 25.3 Å². The first-order valence-corrected chi connectivity index (χ1v) is 7.17. The summed E-state index contributed by atoms with van der Waals surface area (Å²) in [5, 5.41) is 0. The quantitative estimate of drug-likeness (QED) is 0.780. The summed E-state index contributed by atoms with van der Waals surface area (Å²) in [6, 6.07) is -0.326. The Kier molecular flexibility index (Phi) is 3.14. The molecule has 1 aliphatic carbocycles. The smallest absolute Gasteiger partial charge is 0.209 e. The van der Waals surface area contributed by atoms with E-state index in [2.05, 4.69) is 9.71 Å². The minimum absolute atomic E-state index is 0.270. The first-order chi connectivity index (χ1) is 7.46. The van der Waals surface area contributed by atoms with Crippen LogP contribution in [-0.2, 0) is 14.8 Å². The number of nitrogens with one attached hydrogen (secondary N) is 1. The van der Waals surface area contributed by atoms with Gasteiger partial charge in [0, 0.05) is 12.4 Å². The largest absolute Gasteiger partial charge is 0.367 e. The fourth-order valence-electron chi connectivity index (χ4n) is 1.60. The molecule has 1 N–H and O–H groups in total. The molecule has 5 nitrogen and oxygen atoms in total. The van der Waals surface area contributed by atoms with Gasteiger partial charge in [0.2, 0.25) is 10.0 Å². The molecule has 0 saturated heterocycles. The van der Waals surface area contributed by atoms with Crippen molar-refractivity contribution in [1.82, 2.24) is 4.72 Å². The Morgan fingerprint density at radius 1 is 1.50 bits per heavy atom. The number of ether oxygens (including phenoxy) is 1. The number of sulfonamides is 1. The van der Waals surface area contributed by atoms with E-state index >= 15 is 0 Å². The molecule has 6 heteroatoms. The Morgan fingerprint density at radius 2 is 2.19 bits per heavy atom. The van der Waals surface area contributed by atoms with Crippen molar-refractivity contribution in [3.63, 3.8) is 0 Å². The first-order valence-electron chi connectivity index (χ1n) is 5.28. The first kappa shape index (κ1) is 11.8. The lowest BCUT2D eigenvalue weighted by molar-refractivity contribution is 0.0726. The van der Waals surface area contributed by atoms with Crippen LogP contribution in [0.1, 0.15) is 19.8 Å². The lowest BCUT2D eigenvalue weighted by Gasteiger charge is -2.27. The van der Waals surface area contributed by atoms with Crippen molar-refractivity contribution in [2.24, 2.45) is 4.99 Å². The van der Waals surface area contributed by atoms with Gasteiger partial charge in [0.15, 0.2) is 0 Å². The maximum Gasteiger partial charge on any atom is 0.209 e. The highest BCUT2D eigenvalue weighted by Gasteiger charge is 2.33. The molecule has 0 radical (unpaired) electrons. The van der Waals surface area contributed by atoms with E-state index in [0.29, 0.717) is 0 Å². The van der Waals surface area contributed by atoms with Crippen LogP contribution >= 0.6 is 0 Å². The SMILES string of the molecule is CC1=CN=CC(OC2CC2)C1NS(C)(=O)=O. The normalized spacial score (nSPS) is 30.2. The minimum Gasteiger partial charge on any atom is -0.367 e. The molecule has 2 unspecified atom stereocenters. The van der Waals surface area contributed by atoms with Crippen LogP contribution in [0.4, 0.5) is 0 Å². The molecule has 16 heavy (non-hydrogen) atoms. The second kappa shape index (κ2) is 4.27. The number of nitrogens with zero attached hydrogens (tertiary/aromatic N) is 1. The van der Waals surface area contributed by atoms with Crippen LogP contribution in [0.15, 0.2) is 16.8 Å². The fourth-order valence-corrected chi connectivity index (χ4v) is 2.38. The highest BCUT2D eigenvalue weighted by Crippen LogP contribution is 2.27. The molecule has 1 heterocycles. The van der Waals surface area contributed by atoms with Gasteiger partial charge in [-0.2, -0.15) is 0 Å². The summed E-state index contributed by atoms with van der Waals surface area (Å²) in [4.78, 5) is 4.05. The van der Waals surface area contributed by atoms with Crippen molar-refractivity contribution in [2.45, 2.75) is 38.0 Å². The fraction of sp³-hybridized carbons (Fsp3) is 0.700. The molecule has 1 aliphatic heterocycles. The van der Waals surface area contributed by atoms with Crippen LogP contribution in [0.5, 0.6) is 0 Å². The van der Waals surface area contributed by atoms with Gasteiger partial charge in [-0.3, -0.25) is 4.99 Å². The third-order valence-electron chi connectivity index (χ3n) is 2.55. The molecular formula is C10H16N2O3S. The van der Waals surface area contributed by atoms with Gasteiger partial charge in [-0.1, -0.05) is 0 Å². The molecular weight excluding hydrogens is 228 g/mol. The van der Waals surface area contributed by atoms with Crippen molar-refractivity contribution < 1.29 is 13.2 Å². The van der Waals surface area contributed by atoms with Crippen molar-refractivity contribution in [2.75, 3.05) is 6.26 Å². The maximum atomic E-state index is 11.3. The molecule has 0 bridgehead atoms. The molecule has 0 aromatic heterocycles. The summed E-state index contributed by atoms with van der Waals surface area (Å²) in [6.45, 7) is 1.85. The highest BCUT2D eigenvalue weighted by molar-refractivity contribution is 7.88. The standard InChI is InChI=1S/C10H16N2O3S/c1-7-5-11-6-9(15-8-3-4-8)10(7)12-16(2,13)14/h5-6,8-10,12H,3-4H2,1-2H3. The van der Waals surface area contributed by atoms with E-state index < -0.39 is 10.0 Å². The van der Waals surface area contributed by atoms with Crippen LogP contribution in [0.2, 0.25) is 0 Å². The zero-order valence-corrected chi connectivity index (χ0v) is 10.2. The summed E-state index contributed by atoms with van der Waals surface area (Å²) >= 11 is 0. The highest BCUT2D eigenvalue weighted by atomic mass is 32.2. The Bertz CT molecular complexity index is 423. The predicted molar refractivity (Wildman–Crippen MR) is 61.9 cm³/mol. The van der Waals surface area contributed by atoms with E-state index in [1.165, 1.54) is 0 Å². The van der Waals surface area contributed by atoms with Gasteiger partial charge >= 0.3 is 0 Å². The van der Waals surface area contributed by atoms with E-state index in [1.54, 1.807) is 12.4 Å². The summed E-state index contributed by atoms with van der Waals surface area (Å²) in [5.74, 6) is 0. The number of aliphatic imine (C=N–C) groups is 1. The molecule has 1 fully saturated rings. The van der Waals surface area contributed by atoms with Crippen molar-refractivity contribution >= 4 is 16.2 Å². The minimum atomic E-state index is -3.24. The van der Waals surface area contributed by atoms with Gasteiger partial charge in [-0.15, -0.1) is 0 Å². The predicted octanol–water partition coefficient (Wildman–Crippen LogP) is 0.440. The summed E-state index contributed by atoms with van der Waals surface area (Å²) in [7, 11) is -3.24. The third kappa shape index (κ3) is 3.13. The lowest BCUT2D eigenvalue weighted by Crippen LogP contribution is -2.47. The number of hydrogen-bond acceptors (Lipinski definition) is 4. The second-order valence-corrected chi connectivity index (χ2v) is 6.12. The Morgan fingerprint density at radius 3 is 2.75 bits per heavy atom. The third-order valence-corrected chi connectivity index (χ3v) is 3.23. The average Bonchev–Trinajstić information content (AvgIpc) is 2.93. The second-order valence-electron chi connectivity index (χ2n) is 4.34. The molecule has 0 aromatic carbocycles. The monoisotopic (exact) mass is 244 g/mol. The number of rotatable bonds is 4. The van der Waals surface area contributed by atoms with E-state index in [0.717, 1.165) is 24.7 Å². The van der Waals surface area contributed by atoms with Crippen LogP contribution in [-0.4, -0.2) is 39.1 Å². The Hall–Kier alpha value is -0.720. The van der Waals surface area contributed by atoms with Crippen LogP contribution in [0.25, 0.3) is 0 Å². The van der Waals surface area contributed by atoms with Gasteiger partial charge in [-0.25, -0.2) is 13.1 Å². The Labute approximate surface area is 95.6 Å². The topological polar surface area (TPSA) is 67.8 Å². The van der Waals surface area contributed by atoms with Gasteiger partial charge in [0.25, 0.3) is 0 Å². The van der Waals surface area contributed by atoms with Gasteiger partial charge < -0.3 is 4.74 Å². The van der Waals surface area contributed by atoms with Crippen molar-refractivity contribution in [1.29, 1.82) is 0 Å². The molecule has 1 saturated carbocycles. The van der Waals surface area contributed by atoms with Crippen molar-refractivity contribution in [3.05, 3.63) is 11.8 Å². The molecule has 0 aromatic rings. The van der Waals surface area contributed by atoms with Crippen LogP contribution < -0.4 is 4.72 Å². The van der Waals surface area contributed by atoms with Gasteiger partial charge in [0.1, 0.15) is 6.10 Å². The summed E-state index contributed by atoms with van der Waals surface area (Å²) in [6.07, 6.45) is 6.57. The summed E-state index contributed by atoms with van der Waals surface area (Å²) in [5.41, 5.74) is 0.874. The molecule has 0 amide bonds. The van der Waals surface area contributed by atoms with E-state index in [-0.39, 0.29) is 18.2 Å². The lowest BCUT2D eigenvalue weighted by atomic mass is 10.0. The molecule has 0 spiro atoms. The Balaban J connectivity index is 2.09.